The zero-order chi connectivity index (χ0) is 15.8. The molecule has 3 nitrogen and oxygen atoms in total. The summed E-state index contributed by atoms with van der Waals surface area (Å²) in [6.45, 7) is 12.9. The molecule has 2 rings (SSSR count). The normalized spacial score (nSPS) is 12.5. The lowest BCUT2D eigenvalue weighted by atomic mass is 9.86. The molecule has 0 aliphatic rings. The molecular formula is C18H24N2O. The van der Waals surface area contributed by atoms with Crippen LogP contribution in [0.4, 0.5) is 0 Å². The maximum atomic E-state index is 12.1. The van der Waals surface area contributed by atoms with Crippen LogP contribution in [0, 0.1) is 5.21 Å². The van der Waals surface area contributed by atoms with Crippen molar-refractivity contribution in [1.29, 1.82) is 0 Å². The second kappa shape index (κ2) is 5.14. The van der Waals surface area contributed by atoms with Gasteiger partial charge in [-0.2, -0.15) is 4.73 Å². The lowest BCUT2D eigenvalue weighted by Crippen LogP contribution is -2.30. The fraction of sp³-hybridized carbons (Fsp3) is 0.444. The van der Waals surface area contributed by atoms with E-state index in [0.29, 0.717) is 5.69 Å². The Balaban J connectivity index is 2.57. The van der Waals surface area contributed by atoms with Crippen LogP contribution in [0.2, 0.25) is 0 Å². The first-order valence-corrected chi connectivity index (χ1v) is 7.29. The Hall–Kier alpha value is -1.90. The van der Waals surface area contributed by atoms with Crippen LogP contribution in [0.3, 0.4) is 0 Å². The van der Waals surface area contributed by atoms with Crippen LogP contribution in [0.5, 0.6) is 0 Å². The van der Waals surface area contributed by atoms with Crippen LogP contribution >= 0.6 is 0 Å². The smallest absolute Gasteiger partial charge is 0.242 e. The van der Waals surface area contributed by atoms with Crippen molar-refractivity contribution < 1.29 is 4.73 Å². The van der Waals surface area contributed by atoms with Crippen molar-refractivity contribution >= 4 is 0 Å². The summed E-state index contributed by atoms with van der Waals surface area (Å²) in [6, 6.07) is 7.84. The van der Waals surface area contributed by atoms with Gasteiger partial charge >= 0.3 is 0 Å². The molecule has 112 valence electrons. The molecule has 0 bridgehead atoms. The van der Waals surface area contributed by atoms with Crippen LogP contribution in [0.15, 0.2) is 36.7 Å². The van der Waals surface area contributed by atoms with Crippen molar-refractivity contribution in [2.75, 3.05) is 0 Å². The lowest BCUT2D eigenvalue weighted by molar-refractivity contribution is -0.593. The second-order valence-corrected chi connectivity index (χ2v) is 7.56. The summed E-state index contributed by atoms with van der Waals surface area (Å²) in [5, 5.41) is 12.1. The summed E-state index contributed by atoms with van der Waals surface area (Å²) in [5.41, 5.74) is 3.68. The van der Waals surface area contributed by atoms with Crippen molar-refractivity contribution in [1.82, 2.24) is 4.98 Å². The summed E-state index contributed by atoms with van der Waals surface area (Å²) in [4.78, 5) is 4.39. The largest absolute Gasteiger partial charge is 0.618 e. The monoisotopic (exact) mass is 284 g/mol. The van der Waals surface area contributed by atoms with Gasteiger partial charge in [0.25, 0.3) is 0 Å². The third kappa shape index (κ3) is 3.41. The van der Waals surface area contributed by atoms with E-state index in [1.54, 1.807) is 12.4 Å². The molecule has 0 spiro atoms. The first kappa shape index (κ1) is 15.5. The van der Waals surface area contributed by atoms with E-state index in [2.05, 4.69) is 46.5 Å². The van der Waals surface area contributed by atoms with Gasteiger partial charge in [0.05, 0.1) is 0 Å². The highest BCUT2D eigenvalue weighted by Gasteiger charge is 2.21. The fourth-order valence-electron chi connectivity index (χ4n) is 2.18. The minimum absolute atomic E-state index is 0.00461. The first-order valence-electron chi connectivity index (χ1n) is 7.29. The van der Waals surface area contributed by atoms with E-state index in [-0.39, 0.29) is 10.8 Å². The van der Waals surface area contributed by atoms with Crippen LogP contribution in [-0.4, -0.2) is 4.98 Å². The highest BCUT2D eigenvalue weighted by molar-refractivity contribution is 5.54. The van der Waals surface area contributed by atoms with Crippen LogP contribution < -0.4 is 4.73 Å². The van der Waals surface area contributed by atoms with E-state index in [1.807, 2.05) is 24.3 Å². The fourth-order valence-corrected chi connectivity index (χ4v) is 2.18. The number of hydrogen-bond donors (Lipinski definition) is 0. The van der Waals surface area contributed by atoms with Crippen LogP contribution in [0.1, 0.15) is 52.7 Å². The molecule has 0 N–H and O–H groups in total. The number of pyridine rings is 2. The van der Waals surface area contributed by atoms with Gasteiger partial charge in [-0.05, 0) is 34.1 Å². The standard InChI is InChI=1S/C18H24N2O/c1-17(2,3)13-7-9-19-15(11-13)16-12-14(18(4,5)6)8-10-20(16)21/h7-12H,1-6H3. The number of nitrogens with zero attached hydrogens (tertiary/aromatic N) is 2. The second-order valence-electron chi connectivity index (χ2n) is 7.56. The van der Waals surface area contributed by atoms with Gasteiger partial charge in [-0.15, -0.1) is 0 Å². The predicted octanol–water partition coefficient (Wildman–Crippen LogP) is 3.98. The van der Waals surface area contributed by atoms with E-state index in [4.69, 9.17) is 0 Å². The molecule has 0 saturated carbocycles. The zero-order valence-corrected chi connectivity index (χ0v) is 13.8. The minimum atomic E-state index is 0.00461. The van der Waals surface area contributed by atoms with E-state index in [0.717, 1.165) is 16.0 Å². The van der Waals surface area contributed by atoms with Crippen molar-refractivity contribution in [2.24, 2.45) is 0 Å². The Bertz CT molecular complexity index is 649. The summed E-state index contributed by atoms with van der Waals surface area (Å²) < 4.78 is 0.893. The molecule has 0 atom stereocenters. The Morgan fingerprint density at radius 3 is 2.05 bits per heavy atom. The van der Waals surface area contributed by atoms with Crippen molar-refractivity contribution in [3.63, 3.8) is 0 Å². The molecule has 2 aromatic rings. The topological polar surface area (TPSA) is 39.8 Å². The van der Waals surface area contributed by atoms with E-state index < -0.39 is 0 Å². The minimum Gasteiger partial charge on any atom is -0.618 e. The first-order chi connectivity index (χ1) is 9.59. The molecule has 0 fully saturated rings. The van der Waals surface area contributed by atoms with Gasteiger partial charge in [-0.3, -0.25) is 0 Å². The molecule has 3 heteroatoms. The molecule has 0 aliphatic carbocycles. The average Bonchev–Trinajstić information content (AvgIpc) is 2.37. The van der Waals surface area contributed by atoms with E-state index in [9.17, 15) is 5.21 Å². The Labute approximate surface area is 127 Å². The van der Waals surface area contributed by atoms with Crippen LogP contribution in [0.25, 0.3) is 11.4 Å². The van der Waals surface area contributed by atoms with Gasteiger partial charge in [0.15, 0.2) is 6.20 Å². The molecule has 2 aromatic heterocycles. The number of rotatable bonds is 1. The summed E-state index contributed by atoms with van der Waals surface area (Å²) >= 11 is 0. The summed E-state index contributed by atoms with van der Waals surface area (Å²) in [7, 11) is 0. The molecule has 0 radical (unpaired) electrons. The highest BCUT2D eigenvalue weighted by atomic mass is 16.5. The predicted molar refractivity (Wildman–Crippen MR) is 86.0 cm³/mol. The Morgan fingerprint density at radius 2 is 1.48 bits per heavy atom. The SMILES string of the molecule is CC(C)(C)c1ccnc(-c2cc(C(C)(C)C)cc[n+]2[O-])c1. The molecule has 0 amide bonds. The zero-order valence-electron chi connectivity index (χ0n) is 13.8. The maximum absolute atomic E-state index is 12.1. The van der Waals surface area contributed by atoms with E-state index in [1.165, 1.54) is 5.56 Å². The molecule has 2 heterocycles. The molecule has 21 heavy (non-hydrogen) atoms. The van der Waals surface area contributed by atoms with E-state index >= 15 is 0 Å². The van der Waals surface area contributed by atoms with Crippen molar-refractivity contribution in [3.8, 4) is 11.4 Å². The highest BCUT2D eigenvalue weighted by Crippen LogP contribution is 2.27. The molecular weight excluding hydrogens is 260 g/mol. The average molecular weight is 284 g/mol. The maximum Gasteiger partial charge on any atom is 0.242 e. The van der Waals surface area contributed by atoms with Gasteiger partial charge in [-0.1, -0.05) is 41.5 Å². The molecule has 0 aromatic carbocycles. The van der Waals surface area contributed by atoms with Crippen LogP contribution in [-0.2, 0) is 10.8 Å². The summed E-state index contributed by atoms with van der Waals surface area (Å²) in [6.07, 6.45) is 3.35. The summed E-state index contributed by atoms with van der Waals surface area (Å²) in [5.74, 6) is 0. The van der Waals surface area contributed by atoms with Gasteiger partial charge in [-0.25, -0.2) is 4.98 Å². The van der Waals surface area contributed by atoms with Gasteiger partial charge in [0, 0.05) is 18.3 Å². The number of hydrogen-bond acceptors (Lipinski definition) is 2. The molecule has 0 unspecified atom stereocenters. The lowest BCUT2D eigenvalue weighted by Gasteiger charge is -2.20. The van der Waals surface area contributed by atoms with Gasteiger partial charge in [0.1, 0.15) is 5.69 Å². The van der Waals surface area contributed by atoms with Crippen molar-refractivity contribution in [2.45, 2.75) is 52.4 Å². The molecule has 0 saturated heterocycles. The van der Waals surface area contributed by atoms with Gasteiger partial charge < -0.3 is 5.21 Å². The number of aromatic nitrogens is 2. The van der Waals surface area contributed by atoms with Gasteiger partial charge in [0.2, 0.25) is 5.69 Å². The Kier molecular flexibility index (Phi) is 3.79. The quantitative estimate of drug-likeness (QED) is 0.587. The third-order valence-electron chi connectivity index (χ3n) is 3.67. The third-order valence-corrected chi connectivity index (χ3v) is 3.67. The molecule has 0 aliphatic heterocycles. The van der Waals surface area contributed by atoms with Crippen molar-refractivity contribution in [3.05, 3.63) is 53.0 Å². The Morgan fingerprint density at radius 1 is 0.905 bits per heavy atom.